The minimum absolute atomic E-state index is 1.10. The SMILES string of the molecule is Cc1cc(C)cc(N(c2ccc3c(-c4ccccc4)c4cc(N(c5cc(C)cc(C)c5)c5cc6ccccc6c6ccccc56)ccc4c(-c4ccccc4)c3c2)c2cc3ccccc3c3ccccc23)c1. The first-order chi connectivity index (χ1) is 35.3. The van der Waals surface area contributed by atoms with Gasteiger partial charge in [0, 0.05) is 33.5 Å². The second-order valence-corrected chi connectivity index (χ2v) is 19.6. The van der Waals surface area contributed by atoms with Crippen LogP contribution in [0.5, 0.6) is 0 Å². The Hall–Kier alpha value is -8.98. The van der Waals surface area contributed by atoms with Crippen molar-refractivity contribution < 1.29 is 0 Å². The lowest BCUT2D eigenvalue weighted by atomic mass is 9.85. The molecule has 0 heterocycles. The van der Waals surface area contributed by atoms with Crippen molar-refractivity contribution in [3.8, 4) is 22.3 Å². The maximum absolute atomic E-state index is 2.49. The van der Waals surface area contributed by atoms with Crippen molar-refractivity contribution >= 4 is 98.8 Å². The zero-order valence-electron chi connectivity index (χ0n) is 41.0. The molecule has 0 bridgehead atoms. The summed E-state index contributed by atoms with van der Waals surface area (Å²) in [6.07, 6.45) is 0. The van der Waals surface area contributed by atoms with Crippen molar-refractivity contribution in [2.24, 2.45) is 0 Å². The molecule has 13 aromatic carbocycles. The molecule has 0 aliphatic carbocycles. The fourth-order valence-electron chi connectivity index (χ4n) is 11.8. The fraction of sp³-hybridized carbons (Fsp3) is 0.0571. The van der Waals surface area contributed by atoms with Crippen molar-refractivity contribution in [1.82, 2.24) is 0 Å². The number of hydrogen-bond donors (Lipinski definition) is 0. The maximum atomic E-state index is 2.49. The maximum Gasteiger partial charge on any atom is 0.0546 e. The molecule has 0 aromatic heterocycles. The zero-order valence-corrected chi connectivity index (χ0v) is 41.0. The molecule has 2 heteroatoms. The van der Waals surface area contributed by atoms with Gasteiger partial charge in [0.25, 0.3) is 0 Å². The summed E-state index contributed by atoms with van der Waals surface area (Å²) < 4.78 is 0. The van der Waals surface area contributed by atoms with Crippen LogP contribution in [0.4, 0.5) is 34.1 Å². The van der Waals surface area contributed by atoms with E-state index < -0.39 is 0 Å². The van der Waals surface area contributed by atoms with Gasteiger partial charge < -0.3 is 9.80 Å². The molecule has 0 N–H and O–H groups in total. The van der Waals surface area contributed by atoms with E-state index in [1.807, 2.05) is 0 Å². The molecule has 0 atom stereocenters. The van der Waals surface area contributed by atoms with E-state index in [4.69, 9.17) is 0 Å². The predicted octanol–water partition coefficient (Wildman–Crippen LogP) is 20.1. The van der Waals surface area contributed by atoms with E-state index >= 15 is 0 Å². The van der Waals surface area contributed by atoms with E-state index in [0.29, 0.717) is 0 Å². The summed E-state index contributed by atoms with van der Waals surface area (Å²) in [6, 6.07) is 90.4. The number of hydrogen-bond acceptors (Lipinski definition) is 2. The molecule has 0 saturated heterocycles. The lowest BCUT2D eigenvalue weighted by Crippen LogP contribution is -2.12. The molecule has 342 valence electrons. The van der Waals surface area contributed by atoms with Gasteiger partial charge in [0.15, 0.2) is 0 Å². The normalized spacial score (nSPS) is 11.6. The van der Waals surface area contributed by atoms with Gasteiger partial charge in [-0.25, -0.2) is 0 Å². The van der Waals surface area contributed by atoms with Crippen LogP contribution in [0.2, 0.25) is 0 Å². The second-order valence-electron chi connectivity index (χ2n) is 19.6. The molecule has 0 amide bonds. The first-order valence-electron chi connectivity index (χ1n) is 25.1. The van der Waals surface area contributed by atoms with Crippen LogP contribution in [0.15, 0.2) is 243 Å². The van der Waals surface area contributed by atoms with Crippen molar-refractivity contribution in [1.29, 1.82) is 0 Å². The lowest BCUT2D eigenvalue weighted by Gasteiger charge is -2.30. The van der Waals surface area contributed by atoms with Gasteiger partial charge in [-0.2, -0.15) is 0 Å². The molecule has 0 saturated carbocycles. The Morgan fingerprint density at radius 2 is 0.556 bits per heavy atom. The fourth-order valence-corrected chi connectivity index (χ4v) is 11.8. The molecular formula is C70H52N2. The molecule has 0 unspecified atom stereocenters. The van der Waals surface area contributed by atoms with E-state index in [-0.39, 0.29) is 0 Å². The summed E-state index contributed by atoms with van der Waals surface area (Å²) in [6.45, 7) is 8.82. The van der Waals surface area contributed by atoms with Gasteiger partial charge in [-0.1, -0.05) is 182 Å². The quantitative estimate of drug-likeness (QED) is 0.111. The summed E-state index contributed by atoms with van der Waals surface area (Å²) in [5, 5.41) is 14.6. The van der Waals surface area contributed by atoms with Gasteiger partial charge in [0.2, 0.25) is 0 Å². The first kappa shape index (κ1) is 43.1. The standard InChI is InChI=1S/C70H52N2/c1-45-35-46(2)38-55(37-45)71(67-41-51-23-11-13-25-57(51)59-27-15-17-29-61(59)67)53-31-33-63-65(43-53)69(49-19-7-5-8-20-49)64-34-32-54(44-66(64)70(63)50-21-9-6-10-22-50)72(56-39-47(3)36-48(4)40-56)68-42-52-24-12-14-26-58(52)60-28-16-18-30-62(60)68/h5-44H,1-4H3. The molecule has 0 radical (unpaired) electrons. The van der Waals surface area contributed by atoms with Crippen LogP contribution in [0.25, 0.3) is 86.9 Å². The van der Waals surface area contributed by atoms with Crippen molar-refractivity contribution in [3.05, 3.63) is 265 Å². The summed E-state index contributed by atoms with van der Waals surface area (Å²) in [5.41, 5.74) is 16.5. The number of anilines is 6. The third-order valence-corrected chi connectivity index (χ3v) is 14.6. The zero-order chi connectivity index (χ0) is 48.5. The van der Waals surface area contributed by atoms with Crippen LogP contribution in [0.3, 0.4) is 0 Å². The molecule has 0 fully saturated rings. The van der Waals surface area contributed by atoms with Crippen LogP contribution in [0.1, 0.15) is 22.3 Å². The Morgan fingerprint density at radius 1 is 0.222 bits per heavy atom. The lowest BCUT2D eigenvalue weighted by molar-refractivity contribution is 1.27. The van der Waals surface area contributed by atoms with E-state index in [2.05, 4.69) is 280 Å². The van der Waals surface area contributed by atoms with Gasteiger partial charge in [0.1, 0.15) is 0 Å². The number of aryl methyl sites for hydroxylation is 4. The molecule has 72 heavy (non-hydrogen) atoms. The molecule has 0 spiro atoms. The van der Waals surface area contributed by atoms with Gasteiger partial charge in [-0.05, 0) is 187 Å². The number of benzene rings is 13. The highest BCUT2D eigenvalue weighted by molar-refractivity contribution is 6.23. The highest BCUT2D eigenvalue weighted by atomic mass is 15.1. The average Bonchev–Trinajstić information content (AvgIpc) is 3.40. The Balaban J connectivity index is 1.13. The summed E-state index contributed by atoms with van der Waals surface area (Å²) in [4.78, 5) is 4.99. The minimum Gasteiger partial charge on any atom is -0.310 e. The third kappa shape index (κ3) is 7.34. The minimum atomic E-state index is 1.10. The second kappa shape index (κ2) is 17.5. The van der Waals surface area contributed by atoms with E-state index in [1.165, 1.54) is 109 Å². The first-order valence-corrected chi connectivity index (χ1v) is 25.1. The van der Waals surface area contributed by atoms with E-state index in [0.717, 1.165) is 34.1 Å². The van der Waals surface area contributed by atoms with Crippen LogP contribution in [-0.4, -0.2) is 0 Å². The number of fused-ring (bicyclic) bond motifs is 8. The van der Waals surface area contributed by atoms with Crippen molar-refractivity contribution in [2.45, 2.75) is 27.7 Å². The topological polar surface area (TPSA) is 6.48 Å². The highest BCUT2D eigenvalue weighted by Gasteiger charge is 2.25. The Morgan fingerprint density at radius 3 is 0.944 bits per heavy atom. The Bertz CT molecular complexity index is 3950. The molecule has 2 nitrogen and oxygen atoms in total. The monoisotopic (exact) mass is 920 g/mol. The third-order valence-electron chi connectivity index (χ3n) is 14.6. The van der Waals surface area contributed by atoms with Crippen LogP contribution >= 0.6 is 0 Å². The molecule has 0 aliphatic rings. The number of nitrogens with zero attached hydrogens (tertiary/aromatic N) is 2. The van der Waals surface area contributed by atoms with Gasteiger partial charge in [-0.3, -0.25) is 0 Å². The van der Waals surface area contributed by atoms with Gasteiger partial charge in [0.05, 0.1) is 11.4 Å². The van der Waals surface area contributed by atoms with Gasteiger partial charge in [-0.15, -0.1) is 0 Å². The van der Waals surface area contributed by atoms with Crippen LogP contribution in [-0.2, 0) is 0 Å². The highest BCUT2D eigenvalue weighted by Crippen LogP contribution is 2.50. The molecule has 13 aromatic rings. The Kier molecular flexibility index (Phi) is 10.4. The van der Waals surface area contributed by atoms with E-state index in [1.54, 1.807) is 0 Å². The van der Waals surface area contributed by atoms with Crippen molar-refractivity contribution in [3.63, 3.8) is 0 Å². The van der Waals surface area contributed by atoms with Crippen LogP contribution in [0, 0.1) is 27.7 Å². The van der Waals surface area contributed by atoms with Gasteiger partial charge >= 0.3 is 0 Å². The largest absolute Gasteiger partial charge is 0.310 e. The summed E-state index contributed by atoms with van der Waals surface area (Å²) in [7, 11) is 0. The molecule has 0 aliphatic heterocycles. The summed E-state index contributed by atoms with van der Waals surface area (Å²) >= 11 is 0. The average molecular weight is 921 g/mol. The molecule has 13 rings (SSSR count). The summed E-state index contributed by atoms with van der Waals surface area (Å²) in [5.74, 6) is 0. The predicted molar refractivity (Wildman–Crippen MR) is 311 cm³/mol. The van der Waals surface area contributed by atoms with Crippen molar-refractivity contribution in [2.75, 3.05) is 9.80 Å². The van der Waals surface area contributed by atoms with E-state index in [9.17, 15) is 0 Å². The number of rotatable bonds is 8. The molecular weight excluding hydrogens is 869 g/mol. The Labute approximate surface area is 421 Å². The van der Waals surface area contributed by atoms with Crippen LogP contribution < -0.4 is 9.80 Å². The smallest absolute Gasteiger partial charge is 0.0546 e.